The summed E-state index contributed by atoms with van der Waals surface area (Å²) in [5.41, 5.74) is 0. The lowest BCUT2D eigenvalue weighted by Crippen LogP contribution is -2.32. The fraction of sp³-hybridized carbons (Fsp3) is 1.00. The van der Waals surface area contributed by atoms with Crippen LogP contribution in [0.3, 0.4) is 0 Å². The molecular weight excluding hydrogens is 287 g/mol. The lowest BCUT2D eigenvalue weighted by atomic mass is 10.1. The standard InChI is InChI=1S/C6H9BrF3NO2S/c7-4-14(12,13)11-2-1-5(3-11)6(8,9)10/h5H,1-4H2. The van der Waals surface area contributed by atoms with Crippen molar-refractivity contribution >= 4 is 26.0 Å². The summed E-state index contributed by atoms with van der Waals surface area (Å²) in [4.78, 5) is 0. The Morgan fingerprint density at radius 2 is 2.00 bits per heavy atom. The second-order valence-electron chi connectivity index (χ2n) is 3.11. The smallest absolute Gasteiger partial charge is 0.211 e. The zero-order valence-electron chi connectivity index (χ0n) is 7.09. The van der Waals surface area contributed by atoms with E-state index in [9.17, 15) is 21.6 Å². The number of nitrogens with zero attached hydrogens (tertiary/aromatic N) is 1. The lowest BCUT2D eigenvalue weighted by Gasteiger charge is -2.16. The highest BCUT2D eigenvalue weighted by molar-refractivity contribution is 9.10. The fourth-order valence-electron chi connectivity index (χ4n) is 1.32. The summed E-state index contributed by atoms with van der Waals surface area (Å²) in [7, 11) is -3.54. The van der Waals surface area contributed by atoms with Crippen LogP contribution in [-0.4, -0.2) is 36.7 Å². The van der Waals surface area contributed by atoms with Gasteiger partial charge in [-0.25, -0.2) is 12.7 Å². The molecule has 14 heavy (non-hydrogen) atoms. The Bertz CT molecular complexity index is 303. The molecule has 0 saturated carbocycles. The SMILES string of the molecule is O=S(=O)(CBr)N1CCC(C(F)(F)F)C1. The Balaban J connectivity index is 2.67. The minimum atomic E-state index is -4.30. The molecule has 0 radical (unpaired) electrons. The highest BCUT2D eigenvalue weighted by Gasteiger charge is 2.45. The molecular formula is C6H9BrF3NO2S. The number of hydrogen-bond donors (Lipinski definition) is 0. The maximum Gasteiger partial charge on any atom is 0.393 e. The number of halogens is 4. The predicted octanol–water partition coefficient (Wildman–Crippen LogP) is 1.55. The van der Waals surface area contributed by atoms with Crippen LogP contribution in [0, 0.1) is 5.92 Å². The van der Waals surface area contributed by atoms with Gasteiger partial charge < -0.3 is 0 Å². The summed E-state index contributed by atoms with van der Waals surface area (Å²) in [5.74, 6) is -1.52. The fourth-order valence-corrected chi connectivity index (χ4v) is 3.11. The van der Waals surface area contributed by atoms with Crippen molar-refractivity contribution in [2.24, 2.45) is 5.92 Å². The third kappa shape index (κ3) is 2.60. The van der Waals surface area contributed by atoms with Crippen LogP contribution in [0.4, 0.5) is 13.2 Å². The van der Waals surface area contributed by atoms with Crippen LogP contribution in [0.2, 0.25) is 0 Å². The molecule has 1 fully saturated rings. The van der Waals surface area contributed by atoms with Gasteiger partial charge in [0.25, 0.3) is 0 Å². The Hall–Kier alpha value is 0.180. The van der Waals surface area contributed by atoms with E-state index in [2.05, 4.69) is 15.9 Å². The van der Waals surface area contributed by atoms with Crippen molar-refractivity contribution in [1.29, 1.82) is 0 Å². The van der Waals surface area contributed by atoms with Crippen LogP contribution in [0.5, 0.6) is 0 Å². The van der Waals surface area contributed by atoms with Crippen molar-refractivity contribution in [3.8, 4) is 0 Å². The van der Waals surface area contributed by atoms with Gasteiger partial charge in [0.05, 0.1) is 5.92 Å². The Morgan fingerprint density at radius 3 is 2.36 bits per heavy atom. The van der Waals surface area contributed by atoms with E-state index in [1.165, 1.54) is 0 Å². The second kappa shape index (κ2) is 3.97. The van der Waals surface area contributed by atoms with Crippen LogP contribution >= 0.6 is 15.9 Å². The van der Waals surface area contributed by atoms with Gasteiger partial charge >= 0.3 is 6.18 Å². The minimum absolute atomic E-state index is 0.0435. The van der Waals surface area contributed by atoms with Crippen molar-refractivity contribution in [3.63, 3.8) is 0 Å². The summed E-state index contributed by atoms with van der Waals surface area (Å²) in [6.45, 7) is -0.491. The van der Waals surface area contributed by atoms with E-state index in [-0.39, 0.29) is 17.6 Å². The molecule has 0 amide bonds. The topological polar surface area (TPSA) is 37.4 Å². The summed E-state index contributed by atoms with van der Waals surface area (Å²) < 4.78 is 59.5. The number of sulfonamides is 1. The zero-order valence-corrected chi connectivity index (χ0v) is 9.49. The molecule has 1 aliphatic heterocycles. The molecule has 1 aliphatic rings. The van der Waals surface area contributed by atoms with Gasteiger partial charge in [-0.05, 0) is 6.42 Å². The van der Waals surface area contributed by atoms with E-state index in [1.54, 1.807) is 0 Å². The molecule has 0 aromatic carbocycles. The maximum absolute atomic E-state index is 12.2. The summed E-state index contributed by atoms with van der Waals surface area (Å²) in [6, 6.07) is 0. The van der Waals surface area contributed by atoms with Crippen molar-refractivity contribution in [2.75, 3.05) is 17.8 Å². The molecule has 1 heterocycles. The molecule has 1 rings (SSSR count). The normalized spacial score (nSPS) is 25.6. The van der Waals surface area contributed by atoms with E-state index in [0.717, 1.165) is 4.31 Å². The van der Waals surface area contributed by atoms with Crippen LogP contribution in [0.1, 0.15) is 6.42 Å². The lowest BCUT2D eigenvalue weighted by molar-refractivity contribution is -0.169. The van der Waals surface area contributed by atoms with Gasteiger partial charge in [-0.1, -0.05) is 15.9 Å². The molecule has 1 unspecified atom stereocenters. The maximum atomic E-state index is 12.2. The quantitative estimate of drug-likeness (QED) is 0.725. The minimum Gasteiger partial charge on any atom is -0.211 e. The average Bonchev–Trinajstić information content (AvgIpc) is 2.51. The molecule has 0 spiro atoms. The molecule has 0 bridgehead atoms. The first-order valence-electron chi connectivity index (χ1n) is 3.88. The van der Waals surface area contributed by atoms with Gasteiger partial charge in [-0.15, -0.1) is 0 Å². The molecule has 0 aromatic heterocycles. The molecule has 1 atom stereocenters. The second-order valence-corrected chi connectivity index (χ2v) is 6.38. The molecule has 8 heteroatoms. The first kappa shape index (κ1) is 12.3. The average molecular weight is 296 g/mol. The Kier molecular flexibility index (Phi) is 3.48. The number of hydrogen-bond acceptors (Lipinski definition) is 2. The van der Waals surface area contributed by atoms with Gasteiger partial charge in [-0.3, -0.25) is 0 Å². The van der Waals surface area contributed by atoms with E-state index >= 15 is 0 Å². The van der Waals surface area contributed by atoms with E-state index in [0.29, 0.717) is 0 Å². The van der Waals surface area contributed by atoms with Crippen molar-refractivity contribution in [3.05, 3.63) is 0 Å². The van der Waals surface area contributed by atoms with Gasteiger partial charge in [0.1, 0.15) is 4.66 Å². The first-order chi connectivity index (χ1) is 6.27. The van der Waals surface area contributed by atoms with Gasteiger partial charge in [-0.2, -0.15) is 13.2 Å². The zero-order chi connectivity index (χ0) is 11.0. The monoisotopic (exact) mass is 295 g/mol. The predicted molar refractivity (Wildman–Crippen MR) is 48.4 cm³/mol. The summed E-state index contributed by atoms with van der Waals surface area (Å²) in [5, 5.41) is 0. The van der Waals surface area contributed by atoms with Gasteiger partial charge in [0, 0.05) is 13.1 Å². The highest BCUT2D eigenvalue weighted by atomic mass is 79.9. The Morgan fingerprint density at radius 1 is 1.43 bits per heavy atom. The molecule has 0 aliphatic carbocycles. The third-order valence-electron chi connectivity index (χ3n) is 2.15. The van der Waals surface area contributed by atoms with Crippen molar-refractivity contribution in [1.82, 2.24) is 4.31 Å². The van der Waals surface area contributed by atoms with E-state index in [1.807, 2.05) is 0 Å². The molecule has 0 aromatic rings. The first-order valence-corrected chi connectivity index (χ1v) is 6.61. The molecule has 3 nitrogen and oxygen atoms in total. The van der Waals surface area contributed by atoms with Crippen molar-refractivity contribution < 1.29 is 21.6 Å². The van der Waals surface area contributed by atoms with E-state index in [4.69, 9.17) is 0 Å². The van der Waals surface area contributed by atoms with Crippen LogP contribution < -0.4 is 0 Å². The van der Waals surface area contributed by atoms with Crippen molar-refractivity contribution in [2.45, 2.75) is 12.6 Å². The van der Waals surface area contributed by atoms with Gasteiger partial charge in [0.15, 0.2) is 0 Å². The molecule has 84 valence electrons. The number of rotatable bonds is 2. The highest BCUT2D eigenvalue weighted by Crippen LogP contribution is 2.34. The van der Waals surface area contributed by atoms with Gasteiger partial charge in [0.2, 0.25) is 10.0 Å². The van der Waals surface area contributed by atoms with Crippen LogP contribution in [-0.2, 0) is 10.0 Å². The van der Waals surface area contributed by atoms with Crippen LogP contribution in [0.15, 0.2) is 0 Å². The third-order valence-corrected chi connectivity index (χ3v) is 5.28. The largest absolute Gasteiger partial charge is 0.393 e. The summed E-state index contributed by atoms with van der Waals surface area (Å²) in [6.07, 6.45) is -4.44. The summed E-state index contributed by atoms with van der Waals surface area (Å²) >= 11 is 2.74. The molecule has 1 saturated heterocycles. The molecule has 0 N–H and O–H groups in total. The Labute approximate surface area is 88.4 Å². The van der Waals surface area contributed by atoms with E-state index < -0.39 is 28.7 Å². The van der Waals surface area contributed by atoms with Crippen LogP contribution in [0.25, 0.3) is 0 Å². The number of alkyl halides is 4.